The summed E-state index contributed by atoms with van der Waals surface area (Å²) in [4.78, 5) is 8.89. The predicted molar refractivity (Wildman–Crippen MR) is 166 cm³/mol. The molecule has 0 saturated heterocycles. The zero-order valence-corrected chi connectivity index (χ0v) is 25.5. The standard InChI is InChI=1S/C30H22Cl2N4O5S2/c1-41-26-9-5-2-6-19(26)18-36-29-27(33-24-7-3-4-8-25(24)34-29)28(42(37,38)22-14-10-20(31)11-15-22)30(36)35-43(39,40)23-16-12-21(32)13-17-23/h2-17,35H,18H2,1H3. The minimum absolute atomic E-state index is 0.00213. The highest BCUT2D eigenvalue weighted by Gasteiger charge is 2.34. The second-order valence-electron chi connectivity index (χ2n) is 9.48. The van der Waals surface area contributed by atoms with Crippen molar-refractivity contribution in [2.75, 3.05) is 11.8 Å². The van der Waals surface area contributed by atoms with Crippen molar-refractivity contribution in [3.8, 4) is 5.75 Å². The van der Waals surface area contributed by atoms with E-state index in [9.17, 15) is 16.8 Å². The summed E-state index contributed by atoms with van der Waals surface area (Å²) in [7, 11) is -7.21. The zero-order chi connectivity index (χ0) is 30.4. The van der Waals surface area contributed by atoms with E-state index in [1.54, 1.807) is 48.5 Å². The quantitative estimate of drug-likeness (QED) is 0.197. The molecule has 2 heterocycles. The Morgan fingerprint density at radius 2 is 1.30 bits per heavy atom. The minimum Gasteiger partial charge on any atom is -0.496 e. The van der Waals surface area contributed by atoms with E-state index in [0.29, 0.717) is 32.4 Å². The van der Waals surface area contributed by atoms with Crippen molar-refractivity contribution >= 4 is 71.1 Å². The van der Waals surface area contributed by atoms with Gasteiger partial charge in [0.15, 0.2) is 5.65 Å². The highest BCUT2D eigenvalue weighted by molar-refractivity contribution is 7.93. The lowest BCUT2D eigenvalue weighted by Gasteiger charge is -2.16. The number of ether oxygens (including phenoxy) is 1. The fourth-order valence-corrected chi connectivity index (χ4v) is 7.65. The van der Waals surface area contributed by atoms with Crippen LogP contribution in [-0.4, -0.2) is 38.5 Å². The smallest absolute Gasteiger partial charge is 0.263 e. The average molecular weight is 654 g/mol. The van der Waals surface area contributed by atoms with Crippen LogP contribution in [0.15, 0.2) is 112 Å². The predicted octanol–water partition coefficient (Wildman–Crippen LogP) is 6.58. The van der Waals surface area contributed by atoms with Crippen molar-refractivity contribution in [2.45, 2.75) is 21.2 Å². The van der Waals surface area contributed by atoms with Gasteiger partial charge in [-0.15, -0.1) is 0 Å². The number of methoxy groups -OCH3 is 1. The van der Waals surface area contributed by atoms with Gasteiger partial charge in [-0.25, -0.2) is 26.8 Å². The van der Waals surface area contributed by atoms with Gasteiger partial charge >= 0.3 is 0 Å². The molecule has 0 aliphatic heterocycles. The van der Waals surface area contributed by atoms with Gasteiger partial charge in [0.05, 0.1) is 34.5 Å². The first-order valence-electron chi connectivity index (χ1n) is 12.8. The van der Waals surface area contributed by atoms with E-state index in [1.807, 2.05) is 0 Å². The van der Waals surface area contributed by atoms with Crippen LogP contribution in [-0.2, 0) is 26.4 Å². The molecule has 0 amide bonds. The van der Waals surface area contributed by atoms with E-state index in [1.165, 1.54) is 60.2 Å². The molecular formula is C30H22Cl2N4O5S2. The molecule has 0 saturated carbocycles. The number of hydrogen-bond donors (Lipinski definition) is 1. The molecule has 1 N–H and O–H groups in total. The fraction of sp³-hybridized carbons (Fsp3) is 0.0667. The number of sulfonamides is 1. The summed E-state index contributed by atoms with van der Waals surface area (Å²) in [5.41, 5.74) is 1.74. The van der Waals surface area contributed by atoms with E-state index in [2.05, 4.69) is 4.72 Å². The number of nitrogens with zero attached hydrogens (tertiary/aromatic N) is 3. The first kappa shape index (κ1) is 28.9. The van der Waals surface area contributed by atoms with Crippen LogP contribution in [0.1, 0.15) is 5.56 Å². The van der Waals surface area contributed by atoms with Crippen LogP contribution in [0.5, 0.6) is 5.75 Å². The second-order valence-corrected chi connectivity index (χ2v) is 13.9. The zero-order valence-electron chi connectivity index (χ0n) is 22.4. The van der Waals surface area contributed by atoms with Crippen molar-refractivity contribution in [3.05, 3.63) is 113 Å². The number of rotatable bonds is 8. The van der Waals surface area contributed by atoms with Crippen molar-refractivity contribution in [2.24, 2.45) is 0 Å². The van der Waals surface area contributed by atoms with Gasteiger partial charge < -0.3 is 9.30 Å². The third-order valence-electron chi connectivity index (χ3n) is 6.78. The lowest BCUT2D eigenvalue weighted by molar-refractivity contribution is 0.408. The summed E-state index contributed by atoms with van der Waals surface area (Å²) in [6, 6.07) is 25.3. The Labute approximate surface area is 257 Å². The summed E-state index contributed by atoms with van der Waals surface area (Å²) < 4.78 is 65.9. The SMILES string of the molecule is COc1ccccc1Cn1c(NS(=O)(=O)c2ccc(Cl)cc2)c(S(=O)(=O)c2ccc(Cl)cc2)c2nc3ccccc3nc21. The third-order valence-corrected chi connectivity index (χ3v) is 10.5. The van der Waals surface area contributed by atoms with Gasteiger partial charge in [-0.05, 0) is 66.7 Å². The van der Waals surface area contributed by atoms with Crippen molar-refractivity contribution < 1.29 is 21.6 Å². The van der Waals surface area contributed by atoms with Gasteiger partial charge in [0.1, 0.15) is 22.0 Å². The van der Waals surface area contributed by atoms with E-state index >= 15 is 0 Å². The number of anilines is 1. The number of aromatic nitrogens is 3. The third kappa shape index (κ3) is 5.40. The molecule has 0 spiro atoms. The van der Waals surface area contributed by atoms with Crippen molar-refractivity contribution in [1.82, 2.24) is 14.5 Å². The Hall–Kier alpha value is -4.16. The Bertz CT molecular complexity index is 2220. The molecule has 9 nitrogen and oxygen atoms in total. The summed E-state index contributed by atoms with van der Waals surface area (Å²) in [6.45, 7) is 0.00213. The number of sulfone groups is 1. The van der Waals surface area contributed by atoms with Crippen LogP contribution in [0.3, 0.4) is 0 Å². The molecule has 0 radical (unpaired) electrons. The van der Waals surface area contributed by atoms with Crippen LogP contribution in [0, 0.1) is 0 Å². The molecule has 0 atom stereocenters. The number of halogens is 2. The molecule has 13 heteroatoms. The highest BCUT2D eigenvalue weighted by Crippen LogP contribution is 2.39. The number of nitrogens with one attached hydrogen (secondary N) is 1. The van der Waals surface area contributed by atoms with Gasteiger partial charge in [-0.1, -0.05) is 53.5 Å². The highest BCUT2D eigenvalue weighted by atomic mass is 35.5. The average Bonchev–Trinajstić information content (AvgIpc) is 3.28. The van der Waals surface area contributed by atoms with Gasteiger partial charge in [0.25, 0.3) is 10.0 Å². The molecule has 43 heavy (non-hydrogen) atoms. The maximum atomic E-state index is 14.4. The Kier molecular flexibility index (Phi) is 7.51. The first-order chi connectivity index (χ1) is 20.6. The lowest BCUT2D eigenvalue weighted by Crippen LogP contribution is -2.18. The Morgan fingerprint density at radius 1 is 0.744 bits per heavy atom. The molecule has 0 bridgehead atoms. The molecule has 2 aromatic heterocycles. The van der Waals surface area contributed by atoms with Gasteiger partial charge in [-0.3, -0.25) is 4.72 Å². The maximum Gasteiger partial charge on any atom is 0.263 e. The normalized spacial score (nSPS) is 12.1. The van der Waals surface area contributed by atoms with Crippen LogP contribution < -0.4 is 9.46 Å². The molecule has 0 fully saturated rings. The van der Waals surface area contributed by atoms with Crippen LogP contribution >= 0.6 is 23.2 Å². The van der Waals surface area contributed by atoms with Crippen LogP contribution in [0.25, 0.3) is 22.2 Å². The molecule has 218 valence electrons. The molecule has 0 aliphatic rings. The van der Waals surface area contributed by atoms with E-state index in [0.717, 1.165) is 0 Å². The van der Waals surface area contributed by atoms with Crippen molar-refractivity contribution in [1.29, 1.82) is 0 Å². The van der Waals surface area contributed by atoms with Gasteiger partial charge in [0, 0.05) is 15.6 Å². The fourth-order valence-electron chi connectivity index (χ4n) is 4.72. The number of para-hydroxylation sites is 3. The first-order valence-corrected chi connectivity index (χ1v) is 16.5. The molecule has 6 rings (SSSR count). The van der Waals surface area contributed by atoms with E-state index in [-0.39, 0.29) is 38.2 Å². The van der Waals surface area contributed by atoms with Crippen LogP contribution in [0.4, 0.5) is 5.82 Å². The van der Waals surface area contributed by atoms with Gasteiger partial charge in [-0.2, -0.15) is 0 Å². The number of hydrogen-bond acceptors (Lipinski definition) is 7. The van der Waals surface area contributed by atoms with Crippen molar-refractivity contribution in [3.63, 3.8) is 0 Å². The van der Waals surface area contributed by atoms with E-state index in [4.69, 9.17) is 37.9 Å². The minimum atomic E-state index is -4.39. The summed E-state index contributed by atoms with van der Waals surface area (Å²) in [6.07, 6.45) is 0. The maximum absolute atomic E-state index is 14.4. The van der Waals surface area contributed by atoms with E-state index < -0.39 is 19.9 Å². The summed E-state index contributed by atoms with van der Waals surface area (Å²) in [5, 5.41) is 0.683. The topological polar surface area (TPSA) is 120 Å². The summed E-state index contributed by atoms with van der Waals surface area (Å²) in [5.74, 6) is 0.285. The second kappa shape index (κ2) is 11.2. The molecule has 4 aromatic carbocycles. The number of fused-ring (bicyclic) bond motifs is 2. The molecular weight excluding hydrogens is 631 g/mol. The van der Waals surface area contributed by atoms with Crippen LogP contribution in [0.2, 0.25) is 10.0 Å². The Balaban J connectivity index is 1.70. The van der Waals surface area contributed by atoms with Gasteiger partial charge in [0.2, 0.25) is 9.84 Å². The molecule has 0 unspecified atom stereocenters. The Morgan fingerprint density at radius 3 is 1.93 bits per heavy atom. The molecule has 6 aromatic rings. The summed E-state index contributed by atoms with van der Waals surface area (Å²) >= 11 is 12.1. The monoisotopic (exact) mass is 652 g/mol. The molecule has 0 aliphatic carbocycles. The largest absolute Gasteiger partial charge is 0.496 e. The lowest BCUT2D eigenvalue weighted by atomic mass is 10.2. The number of benzene rings is 4.